The molecule has 204 valence electrons. The van der Waals surface area contributed by atoms with E-state index in [4.69, 9.17) is 23.2 Å². The van der Waals surface area contributed by atoms with Crippen LogP contribution in [0.15, 0.2) is 36.4 Å². The molecule has 7 nitrogen and oxygen atoms in total. The molecule has 2 aromatic carbocycles. The van der Waals surface area contributed by atoms with E-state index in [0.29, 0.717) is 22.0 Å². The smallest absolute Gasteiger partial charge is 0.242 e. The van der Waals surface area contributed by atoms with Gasteiger partial charge in [-0.15, -0.1) is 0 Å². The van der Waals surface area contributed by atoms with E-state index in [-0.39, 0.29) is 43.6 Å². The summed E-state index contributed by atoms with van der Waals surface area (Å²) in [5, 5.41) is 3.52. The summed E-state index contributed by atoms with van der Waals surface area (Å²) in [6.45, 7) is 5.15. The Bertz CT molecular complexity index is 1210. The fourth-order valence-electron chi connectivity index (χ4n) is 3.55. The summed E-state index contributed by atoms with van der Waals surface area (Å²) < 4.78 is 52.6. The van der Waals surface area contributed by atoms with Gasteiger partial charge in [-0.1, -0.05) is 36.2 Å². The number of nitrogens with zero attached hydrogens (tertiary/aromatic N) is 2. The number of benzene rings is 2. The van der Waals surface area contributed by atoms with Crippen molar-refractivity contribution >= 4 is 50.7 Å². The van der Waals surface area contributed by atoms with Crippen LogP contribution in [0.25, 0.3) is 0 Å². The zero-order valence-corrected chi connectivity index (χ0v) is 23.4. The molecule has 0 saturated carbocycles. The Morgan fingerprint density at radius 3 is 2.22 bits per heavy atom. The molecule has 2 aromatic rings. The third-order valence-electron chi connectivity index (χ3n) is 5.90. The van der Waals surface area contributed by atoms with Crippen LogP contribution in [0.5, 0.6) is 0 Å². The van der Waals surface area contributed by atoms with Gasteiger partial charge in [0.1, 0.15) is 6.04 Å². The summed E-state index contributed by atoms with van der Waals surface area (Å²) in [6.07, 6.45) is 1.56. The van der Waals surface area contributed by atoms with E-state index >= 15 is 0 Å². The normalized spacial score (nSPS) is 13.1. The fraction of sp³-hybridized carbons (Fsp3) is 0.440. The summed E-state index contributed by atoms with van der Waals surface area (Å²) in [5.41, 5.74) is 0.414. The molecule has 37 heavy (non-hydrogen) atoms. The van der Waals surface area contributed by atoms with Crippen molar-refractivity contribution < 1.29 is 26.8 Å². The predicted octanol–water partition coefficient (Wildman–Crippen LogP) is 5.15. The molecule has 0 aliphatic heterocycles. The third kappa shape index (κ3) is 8.55. The van der Waals surface area contributed by atoms with Crippen LogP contribution in [-0.2, 0) is 26.2 Å². The lowest BCUT2D eigenvalue weighted by Crippen LogP contribution is -2.49. The molecule has 0 aromatic heterocycles. The highest BCUT2D eigenvalue weighted by atomic mass is 35.5. The van der Waals surface area contributed by atoms with Gasteiger partial charge in [0.15, 0.2) is 11.6 Å². The van der Waals surface area contributed by atoms with Gasteiger partial charge in [-0.05, 0) is 51.0 Å². The largest absolute Gasteiger partial charge is 0.352 e. The number of sulfonamides is 1. The minimum atomic E-state index is -3.85. The number of rotatable bonds is 12. The van der Waals surface area contributed by atoms with Crippen molar-refractivity contribution in [1.82, 2.24) is 10.2 Å². The van der Waals surface area contributed by atoms with Crippen LogP contribution in [0.4, 0.5) is 14.5 Å². The van der Waals surface area contributed by atoms with Crippen molar-refractivity contribution in [3.05, 3.63) is 63.6 Å². The number of carbonyl (C=O) groups excluding carboxylic acids is 2. The maximum absolute atomic E-state index is 13.7. The quantitative estimate of drug-likeness (QED) is 0.378. The first-order valence-corrected chi connectivity index (χ1v) is 14.3. The van der Waals surface area contributed by atoms with Gasteiger partial charge in [0.05, 0.1) is 11.9 Å². The molecule has 0 spiro atoms. The molecule has 12 heteroatoms. The van der Waals surface area contributed by atoms with Crippen LogP contribution in [-0.4, -0.2) is 50.0 Å². The van der Waals surface area contributed by atoms with E-state index in [1.165, 1.54) is 4.90 Å². The lowest BCUT2D eigenvalue weighted by molar-refractivity contribution is -0.140. The highest BCUT2D eigenvalue weighted by Crippen LogP contribution is 2.27. The number of hydrogen-bond acceptors (Lipinski definition) is 4. The second kappa shape index (κ2) is 13.4. The van der Waals surface area contributed by atoms with Crippen molar-refractivity contribution in [2.45, 2.75) is 58.7 Å². The molecule has 0 heterocycles. The van der Waals surface area contributed by atoms with Gasteiger partial charge in [-0.3, -0.25) is 13.9 Å². The summed E-state index contributed by atoms with van der Waals surface area (Å²) in [5.74, 6) is -3.08. The summed E-state index contributed by atoms with van der Waals surface area (Å²) in [4.78, 5) is 27.5. The number of nitrogens with one attached hydrogen (secondary N) is 1. The Balaban J connectivity index is 2.25. The molecule has 0 radical (unpaired) electrons. The third-order valence-corrected chi connectivity index (χ3v) is 7.80. The lowest BCUT2D eigenvalue weighted by Gasteiger charge is -2.30. The number of amides is 2. The van der Waals surface area contributed by atoms with E-state index in [9.17, 15) is 26.8 Å². The first-order chi connectivity index (χ1) is 17.3. The fourth-order valence-corrected chi connectivity index (χ4v) is 5.02. The topological polar surface area (TPSA) is 86.8 Å². The Labute approximate surface area is 226 Å². The van der Waals surface area contributed by atoms with Crippen LogP contribution < -0.4 is 9.62 Å². The highest BCUT2D eigenvalue weighted by Gasteiger charge is 2.28. The highest BCUT2D eigenvalue weighted by molar-refractivity contribution is 7.92. The van der Waals surface area contributed by atoms with Crippen molar-refractivity contribution in [2.24, 2.45) is 0 Å². The lowest BCUT2D eigenvalue weighted by atomic mass is 10.1. The van der Waals surface area contributed by atoms with Crippen molar-refractivity contribution in [1.29, 1.82) is 0 Å². The van der Waals surface area contributed by atoms with Crippen molar-refractivity contribution in [2.75, 3.05) is 17.1 Å². The number of halogens is 4. The molecule has 2 atom stereocenters. The molecular weight excluding hydrogens is 547 g/mol. The van der Waals surface area contributed by atoms with E-state index in [1.54, 1.807) is 25.1 Å². The molecule has 0 bridgehead atoms. The van der Waals surface area contributed by atoms with Gasteiger partial charge in [0, 0.05) is 47.2 Å². The summed E-state index contributed by atoms with van der Waals surface area (Å²) >= 11 is 12.6. The van der Waals surface area contributed by atoms with Gasteiger partial charge in [-0.2, -0.15) is 0 Å². The maximum Gasteiger partial charge on any atom is 0.242 e. The number of anilines is 1. The SMILES string of the molecule is CCC(C)NC(=O)C(C)N(Cc1c(Cl)cccc1Cl)C(=O)CCCN(c1ccc(F)c(F)c1)S(C)(=O)=O. The molecule has 0 saturated heterocycles. The maximum atomic E-state index is 13.7. The Morgan fingerprint density at radius 2 is 1.68 bits per heavy atom. The van der Waals surface area contributed by atoms with Gasteiger partial charge in [0.25, 0.3) is 0 Å². The van der Waals surface area contributed by atoms with Crippen LogP contribution >= 0.6 is 23.2 Å². The molecule has 0 fully saturated rings. The average Bonchev–Trinajstić information content (AvgIpc) is 2.82. The molecule has 1 N–H and O–H groups in total. The first-order valence-electron chi connectivity index (χ1n) is 11.7. The van der Waals surface area contributed by atoms with Gasteiger partial charge in [0.2, 0.25) is 21.8 Å². The Kier molecular flexibility index (Phi) is 11.1. The molecular formula is C25H31Cl2F2N3O4S. The molecule has 2 rings (SSSR count). The van der Waals surface area contributed by atoms with Crippen LogP contribution in [0.2, 0.25) is 10.0 Å². The van der Waals surface area contributed by atoms with Gasteiger partial charge in [-0.25, -0.2) is 17.2 Å². The zero-order chi connectivity index (χ0) is 27.9. The van der Waals surface area contributed by atoms with Crippen LogP contribution in [0, 0.1) is 11.6 Å². The number of carbonyl (C=O) groups is 2. The van der Waals surface area contributed by atoms with Crippen LogP contribution in [0.1, 0.15) is 45.6 Å². The number of hydrogen-bond donors (Lipinski definition) is 1. The average molecular weight is 579 g/mol. The van der Waals surface area contributed by atoms with E-state index < -0.39 is 33.6 Å². The Hall–Kier alpha value is -2.43. The standard InChI is InChI=1S/C25H31Cl2F2N3O4S/c1-5-16(2)30-25(34)17(3)31(15-19-20(26)8-6-9-21(19)27)24(33)10-7-13-32(37(4,35)36)18-11-12-22(28)23(29)14-18/h6,8-9,11-12,14,16-17H,5,7,10,13,15H2,1-4H3,(H,30,34). The van der Waals surface area contributed by atoms with Gasteiger partial charge >= 0.3 is 0 Å². The van der Waals surface area contributed by atoms with Crippen molar-refractivity contribution in [3.63, 3.8) is 0 Å². The second-order valence-corrected chi connectivity index (χ2v) is 11.5. The first kappa shape index (κ1) is 30.8. The summed E-state index contributed by atoms with van der Waals surface area (Å²) in [7, 11) is -3.85. The van der Waals surface area contributed by atoms with E-state index in [0.717, 1.165) is 28.8 Å². The minimum Gasteiger partial charge on any atom is -0.352 e. The molecule has 0 aliphatic carbocycles. The van der Waals surface area contributed by atoms with E-state index in [1.807, 2.05) is 13.8 Å². The molecule has 2 unspecified atom stereocenters. The predicted molar refractivity (Wildman–Crippen MR) is 142 cm³/mol. The zero-order valence-electron chi connectivity index (χ0n) is 21.1. The van der Waals surface area contributed by atoms with Crippen molar-refractivity contribution in [3.8, 4) is 0 Å². The van der Waals surface area contributed by atoms with E-state index in [2.05, 4.69) is 5.32 Å². The minimum absolute atomic E-state index is 0.0363. The Morgan fingerprint density at radius 1 is 1.05 bits per heavy atom. The van der Waals surface area contributed by atoms with Gasteiger partial charge < -0.3 is 10.2 Å². The van der Waals surface area contributed by atoms with Crippen LogP contribution in [0.3, 0.4) is 0 Å². The molecule has 2 amide bonds. The monoisotopic (exact) mass is 577 g/mol. The summed E-state index contributed by atoms with van der Waals surface area (Å²) in [6, 6.07) is 6.71. The molecule has 0 aliphatic rings. The second-order valence-electron chi connectivity index (χ2n) is 8.75.